The first-order valence-electron chi connectivity index (χ1n) is 12.5. The molecule has 0 radical (unpaired) electrons. The summed E-state index contributed by atoms with van der Waals surface area (Å²) in [4.78, 5) is 36.7. The number of hydrogen-bond acceptors (Lipinski definition) is 6. The molecule has 0 spiro atoms. The first-order valence-corrected chi connectivity index (χ1v) is 12.5. The topological polar surface area (TPSA) is 113 Å². The first-order chi connectivity index (χ1) is 16.7. The minimum Gasteiger partial charge on any atom is -0.478 e. The quantitative estimate of drug-likeness (QED) is 0.355. The van der Waals surface area contributed by atoms with Crippen LogP contribution in [0.15, 0.2) is 33.9 Å². The van der Waals surface area contributed by atoms with Crippen LogP contribution in [0.3, 0.4) is 0 Å². The van der Waals surface area contributed by atoms with E-state index in [0.29, 0.717) is 38.0 Å². The van der Waals surface area contributed by atoms with E-state index >= 15 is 0 Å². The Hall–Kier alpha value is -3.10. The Morgan fingerprint density at radius 3 is 2.51 bits per heavy atom. The molecule has 1 aromatic carbocycles. The Morgan fingerprint density at radius 2 is 1.83 bits per heavy atom. The lowest BCUT2D eigenvalue weighted by Crippen LogP contribution is -2.41. The zero-order chi connectivity index (χ0) is 25.8. The van der Waals surface area contributed by atoms with Crippen molar-refractivity contribution in [3.05, 3.63) is 50.7 Å². The largest absolute Gasteiger partial charge is 0.478 e. The standard InChI is InChI=1S/C26H39N3O6/c1-5-7-8-9-10-17-29-23(30)22(27-28(4)25(29)33)34-18-12-14-20-13-11-15-21(19-20)35-26(3,16-6-2)24(31)32/h11,13,15,19H,5-10,12,14,16-18H2,1-4H3,(H,31,32). The normalized spacial score (nSPS) is 12.8. The maximum atomic E-state index is 12.7. The van der Waals surface area contributed by atoms with E-state index in [1.807, 2.05) is 25.1 Å². The molecule has 0 saturated carbocycles. The average molecular weight is 490 g/mol. The summed E-state index contributed by atoms with van der Waals surface area (Å²) in [5.74, 6) is -0.563. The van der Waals surface area contributed by atoms with Gasteiger partial charge in [0.15, 0.2) is 0 Å². The number of unbranched alkanes of at least 4 members (excludes halogenated alkanes) is 4. The van der Waals surface area contributed by atoms with Crippen LogP contribution in [0.1, 0.15) is 77.7 Å². The molecular weight excluding hydrogens is 450 g/mol. The summed E-state index contributed by atoms with van der Waals surface area (Å²) in [5.41, 5.74) is -1.25. The van der Waals surface area contributed by atoms with Crippen molar-refractivity contribution in [1.29, 1.82) is 0 Å². The Morgan fingerprint density at radius 1 is 1.09 bits per heavy atom. The van der Waals surface area contributed by atoms with Gasteiger partial charge in [-0.1, -0.05) is 58.1 Å². The summed E-state index contributed by atoms with van der Waals surface area (Å²) in [5, 5.41) is 13.5. The molecule has 1 atom stereocenters. The summed E-state index contributed by atoms with van der Waals surface area (Å²) >= 11 is 0. The van der Waals surface area contributed by atoms with Gasteiger partial charge in [0.05, 0.1) is 6.61 Å². The van der Waals surface area contributed by atoms with Gasteiger partial charge in [0.2, 0.25) is 5.60 Å². The van der Waals surface area contributed by atoms with Crippen LogP contribution in [-0.2, 0) is 24.8 Å². The van der Waals surface area contributed by atoms with Gasteiger partial charge in [0, 0.05) is 13.6 Å². The Balaban J connectivity index is 1.96. The molecule has 9 heteroatoms. The fourth-order valence-electron chi connectivity index (χ4n) is 3.91. The number of ether oxygens (including phenoxy) is 2. The van der Waals surface area contributed by atoms with Crippen LogP contribution < -0.4 is 20.7 Å². The molecule has 0 aliphatic heterocycles. The zero-order valence-corrected chi connectivity index (χ0v) is 21.4. The van der Waals surface area contributed by atoms with Crippen LogP contribution in [0.4, 0.5) is 0 Å². The maximum Gasteiger partial charge on any atom is 0.347 e. The molecule has 0 aliphatic rings. The van der Waals surface area contributed by atoms with Crippen molar-refractivity contribution in [2.24, 2.45) is 7.05 Å². The first kappa shape index (κ1) is 28.1. The molecule has 0 fully saturated rings. The highest BCUT2D eigenvalue weighted by Crippen LogP contribution is 2.24. The van der Waals surface area contributed by atoms with Gasteiger partial charge in [-0.05, 0) is 50.3 Å². The minimum atomic E-state index is -1.28. The number of aliphatic carboxylic acids is 1. The van der Waals surface area contributed by atoms with Gasteiger partial charge >= 0.3 is 17.2 Å². The fourth-order valence-corrected chi connectivity index (χ4v) is 3.91. The highest BCUT2D eigenvalue weighted by molar-refractivity contribution is 5.77. The van der Waals surface area contributed by atoms with Crippen molar-refractivity contribution in [3.8, 4) is 11.6 Å². The van der Waals surface area contributed by atoms with E-state index in [1.165, 1.54) is 11.6 Å². The second-order valence-electron chi connectivity index (χ2n) is 9.07. The van der Waals surface area contributed by atoms with E-state index < -0.39 is 22.8 Å². The van der Waals surface area contributed by atoms with Crippen LogP contribution in [0.2, 0.25) is 0 Å². The summed E-state index contributed by atoms with van der Waals surface area (Å²) < 4.78 is 13.8. The van der Waals surface area contributed by atoms with Crippen LogP contribution in [0.25, 0.3) is 0 Å². The van der Waals surface area contributed by atoms with Crippen molar-refractivity contribution in [3.63, 3.8) is 0 Å². The summed E-state index contributed by atoms with van der Waals surface area (Å²) in [6, 6.07) is 7.33. The highest BCUT2D eigenvalue weighted by atomic mass is 16.5. The molecule has 0 saturated heterocycles. The van der Waals surface area contributed by atoms with Gasteiger partial charge in [-0.15, -0.1) is 5.10 Å². The fraction of sp³-hybridized carbons (Fsp3) is 0.615. The minimum absolute atomic E-state index is 0.0745. The SMILES string of the molecule is CCCCCCCn1c(=O)c(OCCCc2cccc(OC(C)(CCC)C(=O)O)c2)nn(C)c1=O. The molecule has 1 N–H and O–H groups in total. The molecule has 0 amide bonds. The van der Waals surface area contributed by atoms with E-state index in [9.17, 15) is 19.5 Å². The molecule has 194 valence electrons. The van der Waals surface area contributed by atoms with Crippen LogP contribution in [0.5, 0.6) is 11.6 Å². The lowest BCUT2D eigenvalue weighted by molar-refractivity contribution is -0.154. The number of rotatable bonds is 16. The average Bonchev–Trinajstić information content (AvgIpc) is 2.82. The van der Waals surface area contributed by atoms with Crippen LogP contribution >= 0.6 is 0 Å². The molecular formula is C26H39N3O6. The third-order valence-corrected chi connectivity index (χ3v) is 5.93. The third-order valence-electron chi connectivity index (χ3n) is 5.93. The molecule has 2 aromatic rings. The van der Waals surface area contributed by atoms with E-state index in [0.717, 1.165) is 42.3 Å². The lowest BCUT2D eigenvalue weighted by atomic mass is 10.0. The molecule has 1 heterocycles. The number of benzene rings is 1. The molecule has 0 aliphatic carbocycles. The van der Waals surface area contributed by atoms with Gasteiger partial charge in [-0.3, -0.25) is 9.36 Å². The van der Waals surface area contributed by atoms with E-state index in [1.54, 1.807) is 13.0 Å². The van der Waals surface area contributed by atoms with Gasteiger partial charge in [-0.2, -0.15) is 0 Å². The summed E-state index contributed by atoms with van der Waals surface area (Å²) in [7, 11) is 1.51. The van der Waals surface area contributed by atoms with Gasteiger partial charge in [-0.25, -0.2) is 14.3 Å². The number of nitrogens with zero attached hydrogens (tertiary/aromatic N) is 3. The van der Waals surface area contributed by atoms with E-state index in [-0.39, 0.29) is 12.5 Å². The van der Waals surface area contributed by atoms with Crippen LogP contribution in [-0.4, -0.2) is 37.6 Å². The monoisotopic (exact) mass is 489 g/mol. The number of carbonyl (C=O) groups is 1. The molecule has 35 heavy (non-hydrogen) atoms. The van der Waals surface area contributed by atoms with Crippen molar-refractivity contribution < 1.29 is 19.4 Å². The second kappa shape index (κ2) is 13.7. The Kier molecular flexibility index (Phi) is 11.0. The number of hydrogen-bond donors (Lipinski definition) is 1. The molecule has 0 bridgehead atoms. The number of aromatic nitrogens is 3. The van der Waals surface area contributed by atoms with Crippen LogP contribution in [0, 0.1) is 0 Å². The molecule has 9 nitrogen and oxygen atoms in total. The maximum absolute atomic E-state index is 12.7. The molecule has 1 unspecified atom stereocenters. The van der Waals surface area contributed by atoms with Crippen molar-refractivity contribution in [2.45, 2.75) is 90.7 Å². The Labute approximate surface area is 206 Å². The number of aryl methyl sites for hydroxylation is 2. The highest BCUT2D eigenvalue weighted by Gasteiger charge is 2.34. The summed E-state index contributed by atoms with van der Waals surface area (Å²) in [6.45, 7) is 6.25. The van der Waals surface area contributed by atoms with Crippen molar-refractivity contribution in [1.82, 2.24) is 14.3 Å². The smallest absolute Gasteiger partial charge is 0.347 e. The van der Waals surface area contributed by atoms with Gasteiger partial charge in [0.1, 0.15) is 5.75 Å². The predicted octanol–water partition coefficient (Wildman–Crippen LogP) is 3.95. The van der Waals surface area contributed by atoms with Crippen molar-refractivity contribution in [2.75, 3.05) is 6.61 Å². The van der Waals surface area contributed by atoms with Gasteiger partial charge in [0.25, 0.3) is 5.88 Å². The molecule has 1 aromatic heterocycles. The number of carboxylic acids is 1. The third kappa shape index (κ3) is 8.26. The van der Waals surface area contributed by atoms with Gasteiger partial charge < -0.3 is 14.6 Å². The zero-order valence-electron chi connectivity index (χ0n) is 21.4. The second-order valence-corrected chi connectivity index (χ2v) is 9.07. The number of carboxylic acid groups (broad SMARTS) is 1. The van der Waals surface area contributed by atoms with E-state index in [4.69, 9.17) is 9.47 Å². The molecule has 2 rings (SSSR count). The summed E-state index contributed by atoms with van der Waals surface area (Å²) in [6.07, 6.45) is 7.44. The van der Waals surface area contributed by atoms with E-state index in [2.05, 4.69) is 12.0 Å². The lowest BCUT2D eigenvalue weighted by Gasteiger charge is -2.26. The van der Waals surface area contributed by atoms with Crippen molar-refractivity contribution >= 4 is 5.97 Å². The predicted molar refractivity (Wildman–Crippen MR) is 134 cm³/mol. The Bertz CT molecular complexity index is 1080.